The summed E-state index contributed by atoms with van der Waals surface area (Å²) in [6.07, 6.45) is 0. The molecule has 2 aromatic rings. The van der Waals surface area contributed by atoms with Crippen molar-refractivity contribution in [3.63, 3.8) is 0 Å². The summed E-state index contributed by atoms with van der Waals surface area (Å²) in [7, 11) is 3.05. The molecule has 2 N–H and O–H groups in total. The van der Waals surface area contributed by atoms with E-state index in [0.717, 1.165) is 11.4 Å². The summed E-state index contributed by atoms with van der Waals surface area (Å²) in [5.41, 5.74) is 2.56. The summed E-state index contributed by atoms with van der Waals surface area (Å²) in [5, 5.41) is 9.72. The average Bonchev–Trinajstić information content (AvgIpc) is 2.78. The smallest absolute Gasteiger partial charge is 0.259 e. The van der Waals surface area contributed by atoms with Gasteiger partial charge in [0.2, 0.25) is 0 Å². The van der Waals surface area contributed by atoms with Crippen LogP contribution in [0.1, 0.15) is 21.7 Å². The molecule has 0 atom stereocenters. The van der Waals surface area contributed by atoms with E-state index in [9.17, 15) is 4.79 Å². The van der Waals surface area contributed by atoms with Gasteiger partial charge in [0.05, 0.1) is 41.3 Å². The number of hydrogen-bond donors (Lipinski definition) is 2. The van der Waals surface area contributed by atoms with Gasteiger partial charge in [0.15, 0.2) is 0 Å². The molecule has 0 radical (unpaired) electrons. The second-order valence-electron chi connectivity index (χ2n) is 4.45. The largest absolute Gasteiger partial charge is 0.497 e. The van der Waals surface area contributed by atoms with Gasteiger partial charge < -0.3 is 14.8 Å². The van der Waals surface area contributed by atoms with Gasteiger partial charge in [-0.05, 0) is 41.9 Å². The molecule has 0 aliphatic carbocycles. The summed E-state index contributed by atoms with van der Waals surface area (Å²) in [6.45, 7) is 3.66. The molecule has 0 aliphatic rings. The number of anilines is 1. The van der Waals surface area contributed by atoms with Gasteiger partial charge in [0.1, 0.15) is 11.5 Å². The Kier molecular flexibility index (Phi) is 4.52. The van der Waals surface area contributed by atoms with Gasteiger partial charge in [-0.15, -0.1) is 0 Å². The van der Waals surface area contributed by atoms with Crippen LogP contribution in [0.25, 0.3) is 0 Å². The number of carbonyl (C=O) groups is 1. The molecule has 2 rings (SSSR count). The third-order valence-corrected chi connectivity index (χ3v) is 3.66. The van der Waals surface area contributed by atoms with Crippen molar-refractivity contribution < 1.29 is 14.3 Å². The van der Waals surface area contributed by atoms with Crippen molar-refractivity contribution in [1.82, 2.24) is 10.2 Å². The summed E-state index contributed by atoms with van der Waals surface area (Å²) in [5.74, 6) is 0.722. The molecule has 0 saturated heterocycles. The fourth-order valence-corrected chi connectivity index (χ4v) is 2.58. The Morgan fingerprint density at radius 3 is 2.52 bits per heavy atom. The molecule has 0 bridgehead atoms. The fraction of sp³-hybridized carbons (Fsp3) is 0.286. The first-order chi connectivity index (χ1) is 9.97. The van der Waals surface area contributed by atoms with Gasteiger partial charge in [-0.25, -0.2) is 0 Å². The molecule has 0 aliphatic heterocycles. The van der Waals surface area contributed by atoms with Crippen LogP contribution in [0.15, 0.2) is 16.6 Å². The zero-order valence-corrected chi connectivity index (χ0v) is 13.8. The number of aromatic amines is 1. The highest BCUT2D eigenvalue weighted by atomic mass is 79.9. The summed E-state index contributed by atoms with van der Waals surface area (Å²) < 4.78 is 11.1. The van der Waals surface area contributed by atoms with E-state index < -0.39 is 0 Å². The van der Waals surface area contributed by atoms with E-state index in [1.54, 1.807) is 19.2 Å². The predicted molar refractivity (Wildman–Crippen MR) is 83.3 cm³/mol. The molecule has 0 spiro atoms. The van der Waals surface area contributed by atoms with Crippen molar-refractivity contribution in [2.75, 3.05) is 19.5 Å². The number of ether oxygens (including phenoxy) is 2. The third-order valence-electron chi connectivity index (χ3n) is 3.07. The number of aryl methyl sites for hydroxylation is 2. The lowest BCUT2D eigenvalue weighted by atomic mass is 10.1. The normalized spacial score (nSPS) is 10.3. The highest BCUT2D eigenvalue weighted by Crippen LogP contribution is 2.34. The van der Waals surface area contributed by atoms with Crippen LogP contribution in [0.4, 0.5) is 5.69 Å². The Balaban J connectivity index is 2.41. The number of nitrogens with one attached hydrogen (secondary N) is 2. The van der Waals surface area contributed by atoms with Crippen LogP contribution in [0.3, 0.4) is 0 Å². The van der Waals surface area contributed by atoms with Gasteiger partial charge in [-0.3, -0.25) is 9.89 Å². The van der Waals surface area contributed by atoms with Crippen LogP contribution in [-0.2, 0) is 0 Å². The summed E-state index contributed by atoms with van der Waals surface area (Å²) in [4.78, 5) is 12.5. The van der Waals surface area contributed by atoms with Crippen LogP contribution in [0.5, 0.6) is 11.5 Å². The summed E-state index contributed by atoms with van der Waals surface area (Å²) in [6, 6.07) is 3.37. The number of methoxy groups -OCH3 is 2. The Bertz CT molecular complexity index is 663. The number of rotatable bonds is 4. The third kappa shape index (κ3) is 3.02. The first-order valence-electron chi connectivity index (χ1n) is 6.22. The van der Waals surface area contributed by atoms with E-state index in [4.69, 9.17) is 9.47 Å². The van der Waals surface area contributed by atoms with Crippen molar-refractivity contribution in [1.29, 1.82) is 0 Å². The number of halogens is 1. The topological polar surface area (TPSA) is 76.2 Å². The van der Waals surface area contributed by atoms with E-state index in [1.807, 2.05) is 13.8 Å². The van der Waals surface area contributed by atoms with Crippen molar-refractivity contribution in [2.24, 2.45) is 0 Å². The molecule has 0 fully saturated rings. The van der Waals surface area contributed by atoms with Gasteiger partial charge in [-0.2, -0.15) is 5.10 Å². The van der Waals surface area contributed by atoms with Gasteiger partial charge in [0.25, 0.3) is 5.91 Å². The quantitative estimate of drug-likeness (QED) is 0.885. The minimum atomic E-state index is -0.293. The Morgan fingerprint density at radius 1 is 1.29 bits per heavy atom. The average molecular weight is 354 g/mol. The summed E-state index contributed by atoms with van der Waals surface area (Å²) >= 11 is 3.37. The lowest BCUT2D eigenvalue weighted by Gasteiger charge is -2.13. The van der Waals surface area contributed by atoms with Crippen LogP contribution in [0, 0.1) is 13.8 Å². The monoisotopic (exact) mass is 353 g/mol. The van der Waals surface area contributed by atoms with Crippen molar-refractivity contribution in [3.8, 4) is 11.5 Å². The number of amides is 1. The molecular formula is C14H16BrN3O3. The van der Waals surface area contributed by atoms with Gasteiger partial charge in [-0.1, -0.05) is 0 Å². The zero-order chi connectivity index (χ0) is 15.6. The SMILES string of the molecule is COc1cc(Br)c(OC)c(C(=O)Nc2c(C)n[nH]c2C)c1. The van der Waals surface area contributed by atoms with E-state index in [1.165, 1.54) is 7.11 Å². The highest BCUT2D eigenvalue weighted by Gasteiger charge is 2.19. The van der Waals surface area contributed by atoms with E-state index in [-0.39, 0.29) is 5.91 Å². The molecule has 1 heterocycles. The van der Waals surface area contributed by atoms with Crippen LogP contribution in [-0.4, -0.2) is 30.3 Å². The first-order valence-corrected chi connectivity index (χ1v) is 7.01. The number of carbonyl (C=O) groups excluding carboxylic acids is 1. The van der Waals surface area contributed by atoms with Crippen LogP contribution < -0.4 is 14.8 Å². The molecule has 1 amide bonds. The second-order valence-corrected chi connectivity index (χ2v) is 5.31. The molecule has 1 aromatic heterocycles. The molecule has 0 unspecified atom stereocenters. The second kappa shape index (κ2) is 6.17. The van der Waals surface area contributed by atoms with E-state index in [0.29, 0.717) is 27.2 Å². The standard InChI is InChI=1S/C14H16BrN3O3/c1-7-12(8(2)18-17-7)16-14(19)10-5-9(20-3)6-11(15)13(10)21-4/h5-6H,1-4H3,(H,16,19)(H,17,18). The molecule has 1 aromatic carbocycles. The van der Waals surface area contributed by atoms with Crippen molar-refractivity contribution in [2.45, 2.75) is 13.8 Å². The maximum Gasteiger partial charge on any atom is 0.259 e. The zero-order valence-electron chi connectivity index (χ0n) is 12.2. The van der Waals surface area contributed by atoms with Crippen molar-refractivity contribution >= 4 is 27.5 Å². The molecule has 112 valence electrons. The van der Waals surface area contributed by atoms with Crippen LogP contribution in [0.2, 0.25) is 0 Å². The molecule has 21 heavy (non-hydrogen) atoms. The number of nitrogens with zero attached hydrogens (tertiary/aromatic N) is 1. The van der Waals surface area contributed by atoms with Gasteiger partial charge >= 0.3 is 0 Å². The minimum Gasteiger partial charge on any atom is -0.497 e. The Labute approximate surface area is 131 Å². The minimum absolute atomic E-state index is 0.293. The first kappa shape index (κ1) is 15.4. The highest BCUT2D eigenvalue weighted by molar-refractivity contribution is 9.10. The number of hydrogen-bond acceptors (Lipinski definition) is 4. The Morgan fingerprint density at radius 2 is 2.00 bits per heavy atom. The maximum absolute atomic E-state index is 12.5. The molecule has 0 saturated carbocycles. The number of benzene rings is 1. The van der Waals surface area contributed by atoms with Crippen molar-refractivity contribution in [3.05, 3.63) is 33.6 Å². The fourth-order valence-electron chi connectivity index (χ4n) is 1.98. The van der Waals surface area contributed by atoms with Gasteiger partial charge in [0, 0.05) is 0 Å². The molecule has 6 nitrogen and oxygen atoms in total. The van der Waals surface area contributed by atoms with Crippen LogP contribution >= 0.6 is 15.9 Å². The Hall–Kier alpha value is -2.02. The van der Waals surface area contributed by atoms with E-state index >= 15 is 0 Å². The lowest BCUT2D eigenvalue weighted by molar-refractivity contribution is 0.102. The number of aromatic nitrogens is 2. The lowest BCUT2D eigenvalue weighted by Crippen LogP contribution is -2.14. The molecular weight excluding hydrogens is 338 g/mol. The number of H-pyrrole nitrogens is 1. The predicted octanol–water partition coefficient (Wildman–Crippen LogP) is 3.06. The van der Waals surface area contributed by atoms with E-state index in [2.05, 4.69) is 31.4 Å². The molecule has 7 heteroatoms. The maximum atomic E-state index is 12.5.